The van der Waals surface area contributed by atoms with Crippen molar-refractivity contribution < 1.29 is 4.74 Å². The lowest BCUT2D eigenvalue weighted by atomic mass is 9.82. The zero-order valence-electron chi connectivity index (χ0n) is 10.1. The van der Waals surface area contributed by atoms with Crippen LogP contribution in [-0.2, 0) is 0 Å². The van der Waals surface area contributed by atoms with Crippen molar-refractivity contribution in [2.45, 2.75) is 25.7 Å². The van der Waals surface area contributed by atoms with Gasteiger partial charge >= 0.3 is 0 Å². The van der Waals surface area contributed by atoms with Gasteiger partial charge < -0.3 is 10.1 Å². The smallest absolute Gasteiger partial charge is 0.137 e. The van der Waals surface area contributed by atoms with Gasteiger partial charge in [-0.1, -0.05) is 6.92 Å². The first-order valence-electron chi connectivity index (χ1n) is 6.01. The molecule has 0 radical (unpaired) electrons. The summed E-state index contributed by atoms with van der Waals surface area (Å²) < 4.78 is 5.22. The summed E-state index contributed by atoms with van der Waals surface area (Å²) in [7, 11) is 1.69. The van der Waals surface area contributed by atoms with E-state index in [0.29, 0.717) is 5.92 Å². The average Bonchev–Trinajstić information content (AvgIpc) is 2.39. The molecule has 88 valence electrons. The van der Waals surface area contributed by atoms with Gasteiger partial charge in [0, 0.05) is 6.20 Å². The maximum atomic E-state index is 5.22. The minimum absolute atomic E-state index is 0.574. The number of nitrogens with zero attached hydrogens (tertiary/aromatic N) is 1. The molecular weight excluding hydrogens is 200 g/mol. The molecule has 2 heterocycles. The molecule has 3 nitrogen and oxygen atoms in total. The minimum Gasteiger partial charge on any atom is -0.495 e. The summed E-state index contributed by atoms with van der Waals surface area (Å²) in [5.74, 6) is 2.21. The lowest BCUT2D eigenvalue weighted by Gasteiger charge is -2.28. The van der Waals surface area contributed by atoms with Crippen molar-refractivity contribution in [1.29, 1.82) is 0 Å². The van der Waals surface area contributed by atoms with Crippen LogP contribution in [0.5, 0.6) is 5.75 Å². The Hall–Kier alpha value is -1.09. The Labute approximate surface area is 97.2 Å². The second-order valence-corrected chi connectivity index (χ2v) is 4.53. The predicted octanol–water partition coefficient (Wildman–Crippen LogP) is 2.19. The molecule has 2 rings (SSSR count). The zero-order chi connectivity index (χ0) is 11.4. The van der Waals surface area contributed by atoms with E-state index in [1.54, 1.807) is 13.3 Å². The highest BCUT2D eigenvalue weighted by Gasteiger charge is 2.21. The van der Waals surface area contributed by atoms with Gasteiger partial charge in [0.2, 0.25) is 0 Å². The quantitative estimate of drug-likeness (QED) is 0.848. The lowest BCUT2D eigenvalue weighted by molar-refractivity contribution is 0.329. The molecule has 1 aromatic rings. The summed E-state index contributed by atoms with van der Waals surface area (Å²) in [5, 5.41) is 3.40. The van der Waals surface area contributed by atoms with Gasteiger partial charge in [0.25, 0.3) is 0 Å². The summed E-state index contributed by atoms with van der Waals surface area (Å²) in [6, 6.07) is 2.11. The molecule has 1 aliphatic heterocycles. The molecule has 16 heavy (non-hydrogen) atoms. The molecule has 0 bridgehead atoms. The number of hydrogen-bond acceptors (Lipinski definition) is 3. The predicted molar refractivity (Wildman–Crippen MR) is 64.8 cm³/mol. The molecule has 0 aliphatic carbocycles. The summed E-state index contributed by atoms with van der Waals surface area (Å²) in [6.45, 7) is 4.59. The van der Waals surface area contributed by atoms with Crippen molar-refractivity contribution in [2.24, 2.45) is 5.92 Å². The molecule has 1 atom stereocenters. The summed E-state index contributed by atoms with van der Waals surface area (Å²) >= 11 is 0. The van der Waals surface area contributed by atoms with Crippen LogP contribution in [0.4, 0.5) is 0 Å². The van der Waals surface area contributed by atoms with E-state index >= 15 is 0 Å². The number of hydrogen-bond donors (Lipinski definition) is 1. The summed E-state index contributed by atoms with van der Waals surface area (Å²) in [5.41, 5.74) is 1.30. The molecule has 0 amide bonds. The highest BCUT2D eigenvalue weighted by Crippen LogP contribution is 2.31. The minimum atomic E-state index is 0.574. The molecule has 0 spiro atoms. The number of methoxy groups -OCH3 is 1. The van der Waals surface area contributed by atoms with Crippen LogP contribution in [-0.4, -0.2) is 25.2 Å². The molecule has 1 unspecified atom stereocenters. The second-order valence-electron chi connectivity index (χ2n) is 4.53. The van der Waals surface area contributed by atoms with Crippen LogP contribution in [0.2, 0.25) is 0 Å². The van der Waals surface area contributed by atoms with Crippen molar-refractivity contribution in [3.05, 3.63) is 24.0 Å². The molecule has 0 aromatic carbocycles. The Morgan fingerprint density at radius 2 is 2.12 bits per heavy atom. The van der Waals surface area contributed by atoms with Crippen molar-refractivity contribution in [3.8, 4) is 5.75 Å². The number of piperidine rings is 1. The number of nitrogens with one attached hydrogen (secondary N) is 1. The van der Waals surface area contributed by atoms with E-state index < -0.39 is 0 Å². The van der Waals surface area contributed by atoms with Gasteiger partial charge in [-0.05, 0) is 49.4 Å². The van der Waals surface area contributed by atoms with Crippen LogP contribution in [0.1, 0.15) is 31.2 Å². The summed E-state index contributed by atoms with van der Waals surface area (Å²) in [4.78, 5) is 4.23. The van der Waals surface area contributed by atoms with Gasteiger partial charge in [-0.25, -0.2) is 0 Å². The molecule has 3 heteroatoms. The Bertz CT molecular complexity index is 334. The first-order chi connectivity index (χ1) is 7.81. The van der Waals surface area contributed by atoms with Gasteiger partial charge in [-0.15, -0.1) is 0 Å². The zero-order valence-corrected chi connectivity index (χ0v) is 10.1. The monoisotopic (exact) mass is 220 g/mol. The average molecular weight is 220 g/mol. The van der Waals surface area contributed by atoms with Gasteiger partial charge in [-0.3, -0.25) is 4.98 Å². The van der Waals surface area contributed by atoms with Crippen LogP contribution in [0, 0.1) is 5.92 Å². The highest BCUT2D eigenvalue weighted by molar-refractivity contribution is 5.26. The van der Waals surface area contributed by atoms with Gasteiger partial charge in [0.15, 0.2) is 0 Å². The van der Waals surface area contributed by atoms with Crippen molar-refractivity contribution in [3.63, 3.8) is 0 Å². The largest absolute Gasteiger partial charge is 0.495 e. The van der Waals surface area contributed by atoms with E-state index in [-0.39, 0.29) is 0 Å². The Morgan fingerprint density at radius 1 is 1.38 bits per heavy atom. The fourth-order valence-corrected chi connectivity index (χ4v) is 2.41. The summed E-state index contributed by atoms with van der Waals surface area (Å²) in [6.07, 6.45) is 6.25. The Morgan fingerprint density at radius 3 is 2.81 bits per heavy atom. The van der Waals surface area contributed by atoms with Gasteiger partial charge in [0.1, 0.15) is 5.75 Å². The maximum absolute atomic E-state index is 5.22. The molecule has 1 N–H and O–H groups in total. The number of pyridine rings is 1. The highest BCUT2D eigenvalue weighted by atomic mass is 16.5. The normalized spacial score (nSPS) is 19.4. The third-order valence-electron chi connectivity index (χ3n) is 3.59. The van der Waals surface area contributed by atoms with Crippen molar-refractivity contribution in [2.75, 3.05) is 20.2 Å². The number of rotatable bonds is 3. The van der Waals surface area contributed by atoms with Gasteiger partial charge in [-0.2, -0.15) is 0 Å². The van der Waals surface area contributed by atoms with Crippen molar-refractivity contribution in [1.82, 2.24) is 10.3 Å². The van der Waals surface area contributed by atoms with Crippen LogP contribution >= 0.6 is 0 Å². The maximum Gasteiger partial charge on any atom is 0.137 e. The Balaban J connectivity index is 2.09. The first kappa shape index (κ1) is 11.4. The third-order valence-corrected chi connectivity index (χ3v) is 3.59. The second kappa shape index (κ2) is 5.30. The fourth-order valence-electron chi connectivity index (χ4n) is 2.41. The van der Waals surface area contributed by atoms with Gasteiger partial charge in [0.05, 0.1) is 13.3 Å². The molecule has 1 saturated heterocycles. The van der Waals surface area contributed by atoms with Crippen LogP contribution in [0.25, 0.3) is 0 Å². The van der Waals surface area contributed by atoms with E-state index in [9.17, 15) is 0 Å². The van der Waals surface area contributed by atoms with E-state index in [4.69, 9.17) is 4.74 Å². The van der Waals surface area contributed by atoms with Crippen LogP contribution in [0.15, 0.2) is 18.5 Å². The van der Waals surface area contributed by atoms with E-state index in [2.05, 4.69) is 23.3 Å². The fraction of sp³-hybridized carbons (Fsp3) is 0.615. The first-order valence-corrected chi connectivity index (χ1v) is 6.01. The standard InChI is InChI=1S/C13H20N2O/c1-10(11-3-5-14-6-4-11)12-7-13(16-2)9-15-8-12/h7-11,14H,3-6H2,1-2H3. The van der Waals surface area contributed by atoms with E-state index in [1.165, 1.54) is 18.4 Å². The van der Waals surface area contributed by atoms with Crippen molar-refractivity contribution >= 4 is 0 Å². The lowest BCUT2D eigenvalue weighted by Crippen LogP contribution is -2.30. The molecule has 1 fully saturated rings. The van der Waals surface area contributed by atoms with Crippen LogP contribution < -0.4 is 10.1 Å². The molecule has 0 saturated carbocycles. The molecular formula is C13H20N2O. The topological polar surface area (TPSA) is 34.1 Å². The number of aromatic nitrogens is 1. The van der Waals surface area contributed by atoms with Crippen LogP contribution in [0.3, 0.4) is 0 Å². The molecule has 1 aliphatic rings. The molecule has 1 aromatic heterocycles. The van der Waals surface area contributed by atoms with E-state index in [1.807, 2.05) is 6.20 Å². The SMILES string of the molecule is COc1cncc(C(C)C2CCNCC2)c1. The Kier molecular flexibility index (Phi) is 3.78. The number of ether oxygens (including phenoxy) is 1. The third kappa shape index (κ3) is 2.53. The van der Waals surface area contributed by atoms with E-state index in [0.717, 1.165) is 24.8 Å².